The Labute approximate surface area is 105 Å². The Balaban J connectivity index is 1.97. The third-order valence-electron chi connectivity index (χ3n) is 3.79. The van der Waals surface area contributed by atoms with E-state index >= 15 is 0 Å². The highest BCUT2D eigenvalue weighted by Gasteiger charge is 2.41. The Hall–Kier alpha value is -0.910. The maximum atomic E-state index is 12.1. The monoisotopic (exact) mass is 258 g/mol. The number of carbonyl (C=O) groups excluding carboxylic acids is 1. The van der Waals surface area contributed by atoms with Crippen LogP contribution in [0, 0.1) is 0 Å². The summed E-state index contributed by atoms with van der Waals surface area (Å²) < 4.78 is 0. The molecule has 1 aliphatic heterocycles. The van der Waals surface area contributed by atoms with Crippen LogP contribution in [0.1, 0.15) is 32.6 Å². The van der Waals surface area contributed by atoms with Gasteiger partial charge in [0, 0.05) is 11.3 Å². The molecule has 0 aromatic rings. The number of hydrogen-bond donors (Lipinski definition) is 2. The van der Waals surface area contributed by atoms with Gasteiger partial charge in [0.25, 0.3) is 0 Å². The summed E-state index contributed by atoms with van der Waals surface area (Å²) in [7, 11) is 0. The third-order valence-corrected chi connectivity index (χ3v) is 4.80. The van der Waals surface area contributed by atoms with Gasteiger partial charge >= 0.3 is 12.0 Å². The lowest BCUT2D eigenvalue weighted by molar-refractivity contribution is -0.140. The lowest BCUT2D eigenvalue weighted by atomic mass is 9.75. The predicted octanol–water partition coefficient (Wildman–Crippen LogP) is 1.49. The molecular formula is C11H18N2O3S. The number of aliphatic carboxylic acids is 1. The van der Waals surface area contributed by atoms with Crippen molar-refractivity contribution in [3.63, 3.8) is 0 Å². The SMILES string of the molecule is CCC1(NC(=O)N2CSCC2C(=O)O)CCC1. The maximum Gasteiger partial charge on any atom is 0.327 e. The highest BCUT2D eigenvalue weighted by atomic mass is 32.2. The van der Waals surface area contributed by atoms with E-state index in [1.165, 1.54) is 16.7 Å². The smallest absolute Gasteiger partial charge is 0.327 e. The second kappa shape index (κ2) is 4.76. The zero-order chi connectivity index (χ0) is 12.5. The van der Waals surface area contributed by atoms with Crippen LogP contribution in [0.5, 0.6) is 0 Å². The van der Waals surface area contributed by atoms with Crippen LogP contribution in [0.2, 0.25) is 0 Å². The van der Waals surface area contributed by atoms with Gasteiger partial charge in [-0.25, -0.2) is 9.59 Å². The molecule has 0 aromatic heterocycles. The molecule has 2 N–H and O–H groups in total. The number of hydrogen-bond acceptors (Lipinski definition) is 3. The minimum absolute atomic E-state index is 0.0760. The van der Waals surface area contributed by atoms with Crippen LogP contribution in [-0.2, 0) is 4.79 Å². The number of urea groups is 1. The van der Waals surface area contributed by atoms with Crippen molar-refractivity contribution in [3.05, 3.63) is 0 Å². The Kier molecular flexibility index (Phi) is 3.51. The number of carboxylic acid groups (broad SMARTS) is 1. The van der Waals surface area contributed by atoms with Crippen molar-refractivity contribution >= 4 is 23.8 Å². The standard InChI is InChI=1S/C11H18N2O3S/c1-2-11(4-3-5-11)12-10(16)13-7-17-6-8(13)9(14)15/h8H,2-7H2,1H3,(H,12,16)(H,14,15). The van der Waals surface area contributed by atoms with Crippen LogP contribution in [0.25, 0.3) is 0 Å². The molecule has 96 valence electrons. The fraction of sp³-hybridized carbons (Fsp3) is 0.818. The Morgan fingerprint density at radius 1 is 1.53 bits per heavy atom. The van der Waals surface area contributed by atoms with Gasteiger partial charge in [0.15, 0.2) is 0 Å². The maximum absolute atomic E-state index is 12.1. The van der Waals surface area contributed by atoms with E-state index in [4.69, 9.17) is 5.11 Å². The minimum Gasteiger partial charge on any atom is -0.480 e. The van der Waals surface area contributed by atoms with Crippen molar-refractivity contribution in [1.29, 1.82) is 0 Å². The van der Waals surface area contributed by atoms with E-state index in [0.717, 1.165) is 25.7 Å². The van der Waals surface area contributed by atoms with Gasteiger partial charge in [-0.05, 0) is 25.7 Å². The van der Waals surface area contributed by atoms with E-state index in [1.54, 1.807) is 0 Å². The van der Waals surface area contributed by atoms with Gasteiger partial charge in [-0.15, -0.1) is 11.8 Å². The summed E-state index contributed by atoms with van der Waals surface area (Å²) in [5, 5.41) is 12.0. The number of carboxylic acids is 1. The molecule has 1 heterocycles. The molecule has 1 saturated heterocycles. The van der Waals surface area contributed by atoms with E-state index in [0.29, 0.717) is 11.6 Å². The molecular weight excluding hydrogens is 240 g/mol. The molecule has 1 unspecified atom stereocenters. The molecule has 0 bridgehead atoms. The number of nitrogens with zero attached hydrogens (tertiary/aromatic N) is 1. The molecule has 0 aromatic carbocycles. The fourth-order valence-corrected chi connectivity index (χ4v) is 3.46. The Bertz CT molecular complexity index is 325. The largest absolute Gasteiger partial charge is 0.480 e. The first-order valence-corrected chi connectivity index (χ1v) is 7.13. The molecule has 2 amide bonds. The van der Waals surface area contributed by atoms with Crippen molar-refractivity contribution < 1.29 is 14.7 Å². The van der Waals surface area contributed by atoms with Gasteiger partial charge in [-0.2, -0.15) is 0 Å². The first-order chi connectivity index (χ1) is 8.08. The summed E-state index contributed by atoms with van der Waals surface area (Å²) in [5.74, 6) is 0.0501. The van der Waals surface area contributed by atoms with E-state index < -0.39 is 12.0 Å². The molecule has 0 radical (unpaired) electrons. The normalized spacial score (nSPS) is 26.4. The summed E-state index contributed by atoms with van der Waals surface area (Å²) in [5.41, 5.74) is -0.0760. The third kappa shape index (κ3) is 2.36. The molecule has 1 atom stereocenters. The van der Waals surface area contributed by atoms with Gasteiger partial charge in [-0.1, -0.05) is 6.92 Å². The van der Waals surface area contributed by atoms with Crippen molar-refractivity contribution in [1.82, 2.24) is 10.2 Å². The molecule has 17 heavy (non-hydrogen) atoms. The lowest BCUT2D eigenvalue weighted by Gasteiger charge is -2.43. The van der Waals surface area contributed by atoms with Crippen molar-refractivity contribution in [3.8, 4) is 0 Å². The zero-order valence-electron chi connectivity index (χ0n) is 9.94. The number of nitrogens with one attached hydrogen (secondary N) is 1. The molecule has 2 fully saturated rings. The molecule has 0 spiro atoms. The van der Waals surface area contributed by atoms with Gasteiger partial charge in [0.2, 0.25) is 0 Å². The number of thioether (sulfide) groups is 1. The van der Waals surface area contributed by atoms with Gasteiger partial charge in [-0.3, -0.25) is 0 Å². The second-order valence-corrected chi connectivity index (χ2v) is 5.74. The van der Waals surface area contributed by atoms with Gasteiger partial charge in [0.05, 0.1) is 5.88 Å². The van der Waals surface area contributed by atoms with Crippen molar-refractivity contribution in [2.45, 2.75) is 44.2 Å². The minimum atomic E-state index is -0.913. The van der Waals surface area contributed by atoms with Crippen LogP contribution >= 0.6 is 11.8 Å². The highest BCUT2D eigenvalue weighted by molar-refractivity contribution is 7.99. The molecule has 2 aliphatic rings. The molecule has 1 saturated carbocycles. The van der Waals surface area contributed by atoms with Crippen molar-refractivity contribution in [2.75, 3.05) is 11.6 Å². The van der Waals surface area contributed by atoms with E-state index in [1.807, 2.05) is 0 Å². The zero-order valence-corrected chi connectivity index (χ0v) is 10.8. The van der Waals surface area contributed by atoms with Gasteiger partial charge < -0.3 is 15.3 Å². The first-order valence-electron chi connectivity index (χ1n) is 5.97. The molecule has 5 nitrogen and oxygen atoms in total. The average molecular weight is 258 g/mol. The van der Waals surface area contributed by atoms with Crippen LogP contribution in [0.4, 0.5) is 4.79 Å². The summed E-state index contributed by atoms with van der Waals surface area (Å²) in [6, 6.07) is -0.891. The number of carbonyl (C=O) groups is 2. The van der Waals surface area contributed by atoms with E-state index in [2.05, 4.69) is 12.2 Å². The van der Waals surface area contributed by atoms with Crippen LogP contribution in [0.3, 0.4) is 0 Å². The summed E-state index contributed by atoms with van der Waals surface area (Å²) >= 11 is 1.49. The molecule has 6 heteroatoms. The van der Waals surface area contributed by atoms with E-state index in [-0.39, 0.29) is 11.6 Å². The Morgan fingerprint density at radius 3 is 2.71 bits per heavy atom. The Morgan fingerprint density at radius 2 is 2.24 bits per heavy atom. The summed E-state index contributed by atoms with van der Waals surface area (Å²) in [6.07, 6.45) is 4.07. The fourth-order valence-electron chi connectivity index (χ4n) is 2.32. The van der Waals surface area contributed by atoms with Crippen LogP contribution in [-0.4, -0.2) is 45.2 Å². The molecule has 1 aliphatic carbocycles. The first kappa shape index (κ1) is 12.5. The number of amides is 2. The van der Waals surface area contributed by atoms with E-state index in [9.17, 15) is 9.59 Å². The summed E-state index contributed by atoms with van der Waals surface area (Å²) in [4.78, 5) is 24.5. The number of rotatable bonds is 3. The quantitative estimate of drug-likeness (QED) is 0.804. The lowest BCUT2D eigenvalue weighted by Crippen LogP contribution is -2.58. The van der Waals surface area contributed by atoms with Crippen LogP contribution in [0.15, 0.2) is 0 Å². The predicted molar refractivity (Wildman–Crippen MR) is 66.0 cm³/mol. The van der Waals surface area contributed by atoms with Crippen LogP contribution < -0.4 is 5.32 Å². The highest BCUT2D eigenvalue weighted by Crippen LogP contribution is 2.35. The second-order valence-electron chi connectivity index (χ2n) is 4.74. The van der Waals surface area contributed by atoms with Gasteiger partial charge in [0.1, 0.15) is 6.04 Å². The average Bonchev–Trinajstić information content (AvgIpc) is 2.72. The topological polar surface area (TPSA) is 69.6 Å². The molecule has 2 rings (SSSR count). The summed E-state index contributed by atoms with van der Waals surface area (Å²) in [6.45, 7) is 2.06. The van der Waals surface area contributed by atoms with Crippen molar-refractivity contribution in [2.24, 2.45) is 0 Å².